The van der Waals surface area contributed by atoms with Gasteiger partial charge in [-0.05, 0) is 62.6 Å². The highest BCUT2D eigenvalue weighted by molar-refractivity contribution is 8.00. The van der Waals surface area contributed by atoms with Gasteiger partial charge in [0.25, 0.3) is 0 Å². The largest absolute Gasteiger partial charge is 0.316 e. The number of benzene rings is 1. The van der Waals surface area contributed by atoms with Gasteiger partial charge in [0, 0.05) is 11.3 Å². The lowest BCUT2D eigenvalue weighted by atomic mass is 9.97. The van der Waals surface area contributed by atoms with Crippen LogP contribution in [0.4, 0.5) is 0 Å². The average Bonchev–Trinajstić information content (AvgIpc) is 2.41. The molecule has 2 atom stereocenters. The molecule has 1 aromatic rings. The molecular weight excluding hydrogens is 238 g/mol. The van der Waals surface area contributed by atoms with Crippen LogP contribution in [0.15, 0.2) is 18.2 Å². The molecule has 1 heterocycles. The molecule has 1 aromatic carbocycles. The molecule has 2 rings (SSSR count). The molecule has 1 aliphatic rings. The zero-order chi connectivity index (χ0) is 13.0. The van der Waals surface area contributed by atoms with Gasteiger partial charge in [-0.15, -0.1) is 0 Å². The summed E-state index contributed by atoms with van der Waals surface area (Å²) in [5.74, 6) is 1.34. The fourth-order valence-electron chi connectivity index (χ4n) is 2.69. The maximum atomic E-state index is 3.53. The zero-order valence-corrected chi connectivity index (χ0v) is 12.6. The fraction of sp³-hybridized carbons (Fsp3) is 0.625. The van der Waals surface area contributed by atoms with Crippen LogP contribution in [0.3, 0.4) is 0 Å². The van der Waals surface area contributed by atoms with Crippen LogP contribution in [0.1, 0.15) is 36.0 Å². The van der Waals surface area contributed by atoms with Gasteiger partial charge < -0.3 is 5.32 Å². The molecule has 2 heteroatoms. The van der Waals surface area contributed by atoms with E-state index in [0.717, 1.165) is 11.7 Å². The summed E-state index contributed by atoms with van der Waals surface area (Å²) in [6, 6.07) is 7.52. The number of hydrogen-bond donors (Lipinski definition) is 1. The Kier molecular flexibility index (Phi) is 5.13. The van der Waals surface area contributed by atoms with Gasteiger partial charge in [-0.25, -0.2) is 0 Å². The first-order chi connectivity index (χ1) is 8.70. The molecule has 0 saturated carbocycles. The molecule has 0 aliphatic carbocycles. The standard InChI is InChI=1S/C16H25NS/c1-12-7-8-14(10-13(12)2)11-15(17-3)16-6-4-5-9-18-16/h7-8,10,15-17H,4-6,9,11H2,1-3H3. The van der Waals surface area contributed by atoms with E-state index in [2.05, 4.69) is 56.2 Å². The average molecular weight is 263 g/mol. The number of hydrogen-bond acceptors (Lipinski definition) is 2. The molecule has 0 bridgehead atoms. The van der Waals surface area contributed by atoms with Crippen LogP contribution in [-0.4, -0.2) is 24.1 Å². The Bertz CT molecular complexity index is 383. The molecule has 18 heavy (non-hydrogen) atoms. The van der Waals surface area contributed by atoms with Crippen LogP contribution in [0.2, 0.25) is 0 Å². The maximum Gasteiger partial charge on any atom is 0.0223 e. The lowest BCUT2D eigenvalue weighted by molar-refractivity contribution is 0.495. The number of aryl methyl sites for hydroxylation is 2. The van der Waals surface area contributed by atoms with Crippen molar-refractivity contribution < 1.29 is 0 Å². The first kappa shape index (κ1) is 14.0. The molecule has 0 radical (unpaired) electrons. The Morgan fingerprint density at radius 1 is 1.28 bits per heavy atom. The van der Waals surface area contributed by atoms with Crippen molar-refractivity contribution in [2.75, 3.05) is 12.8 Å². The smallest absolute Gasteiger partial charge is 0.0223 e. The van der Waals surface area contributed by atoms with E-state index < -0.39 is 0 Å². The minimum absolute atomic E-state index is 0.623. The predicted octanol–water partition coefficient (Wildman–Crippen LogP) is 3.72. The molecule has 1 saturated heterocycles. The van der Waals surface area contributed by atoms with E-state index in [1.54, 1.807) is 0 Å². The van der Waals surface area contributed by atoms with Crippen molar-refractivity contribution in [3.05, 3.63) is 34.9 Å². The predicted molar refractivity (Wildman–Crippen MR) is 82.6 cm³/mol. The van der Waals surface area contributed by atoms with Crippen molar-refractivity contribution >= 4 is 11.8 Å². The highest BCUT2D eigenvalue weighted by atomic mass is 32.2. The number of likely N-dealkylation sites (N-methyl/N-ethyl adjacent to an activating group) is 1. The fourth-order valence-corrected chi connectivity index (χ4v) is 4.16. The lowest BCUT2D eigenvalue weighted by Crippen LogP contribution is -2.39. The number of nitrogens with one attached hydrogen (secondary N) is 1. The molecule has 1 fully saturated rings. The van der Waals surface area contributed by atoms with Crippen molar-refractivity contribution in [2.24, 2.45) is 0 Å². The SMILES string of the molecule is CNC(Cc1ccc(C)c(C)c1)C1CCCCS1. The normalized spacial score (nSPS) is 21.8. The summed E-state index contributed by atoms with van der Waals surface area (Å²) in [4.78, 5) is 0. The first-order valence-corrected chi connectivity index (χ1v) is 8.10. The Hall–Kier alpha value is -0.470. The monoisotopic (exact) mass is 263 g/mol. The van der Waals surface area contributed by atoms with Gasteiger partial charge in [-0.2, -0.15) is 11.8 Å². The van der Waals surface area contributed by atoms with Gasteiger partial charge in [0.1, 0.15) is 0 Å². The van der Waals surface area contributed by atoms with Gasteiger partial charge in [0.2, 0.25) is 0 Å². The second-order valence-corrected chi connectivity index (χ2v) is 6.77. The summed E-state index contributed by atoms with van der Waals surface area (Å²) >= 11 is 2.16. The second kappa shape index (κ2) is 6.63. The van der Waals surface area contributed by atoms with Crippen molar-refractivity contribution in [2.45, 2.75) is 50.8 Å². The summed E-state index contributed by atoms with van der Waals surface area (Å²) in [5, 5.41) is 4.33. The van der Waals surface area contributed by atoms with Gasteiger partial charge in [0.05, 0.1) is 0 Å². The Labute approximate surface area is 116 Å². The third kappa shape index (κ3) is 3.52. The Morgan fingerprint density at radius 2 is 2.11 bits per heavy atom. The second-order valence-electron chi connectivity index (χ2n) is 5.42. The van der Waals surface area contributed by atoms with Crippen molar-refractivity contribution in [1.82, 2.24) is 5.32 Å². The van der Waals surface area contributed by atoms with Gasteiger partial charge in [-0.3, -0.25) is 0 Å². The first-order valence-electron chi connectivity index (χ1n) is 7.05. The van der Waals surface area contributed by atoms with Gasteiger partial charge >= 0.3 is 0 Å². The summed E-state index contributed by atoms with van der Waals surface area (Å²) < 4.78 is 0. The minimum Gasteiger partial charge on any atom is -0.316 e. The Balaban J connectivity index is 2.02. The van der Waals surface area contributed by atoms with E-state index in [1.807, 2.05) is 0 Å². The van der Waals surface area contributed by atoms with E-state index in [-0.39, 0.29) is 0 Å². The zero-order valence-electron chi connectivity index (χ0n) is 11.8. The highest BCUT2D eigenvalue weighted by Gasteiger charge is 2.23. The van der Waals surface area contributed by atoms with Crippen LogP contribution in [-0.2, 0) is 6.42 Å². The summed E-state index contributed by atoms with van der Waals surface area (Å²) in [6.45, 7) is 4.40. The molecule has 100 valence electrons. The lowest BCUT2D eigenvalue weighted by Gasteiger charge is -2.29. The van der Waals surface area contributed by atoms with Crippen LogP contribution in [0.5, 0.6) is 0 Å². The van der Waals surface area contributed by atoms with Crippen molar-refractivity contribution in [3.8, 4) is 0 Å². The molecule has 0 aromatic heterocycles. The molecule has 0 spiro atoms. The van der Waals surface area contributed by atoms with Crippen molar-refractivity contribution in [1.29, 1.82) is 0 Å². The molecule has 1 nitrogen and oxygen atoms in total. The van der Waals surface area contributed by atoms with Crippen LogP contribution < -0.4 is 5.32 Å². The van der Waals surface area contributed by atoms with E-state index in [0.29, 0.717) is 6.04 Å². The van der Waals surface area contributed by atoms with Gasteiger partial charge in [0.15, 0.2) is 0 Å². The maximum absolute atomic E-state index is 3.53. The molecule has 1 aliphatic heterocycles. The van der Waals surface area contributed by atoms with E-state index in [4.69, 9.17) is 0 Å². The molecule has 2 unspecified atom stereocenters. The summed E-state index contributed by atoms with van der Waals surface area (Å²) in [7, 11) is 2.11. The summed E-state index contributed by atoms with van der Waals surface area (Å²) in [6.07, 6.45) is 5.35. The van der Waals surface area contributed by atoms with Crippen LogP contribution >= 0.6 is 11.8 Å². The molecular formula is C16H25NS. The Morgan fingerprint density at radius 3 is 2.72 bits per heavy atom. The summed E-state index contributed by atoms with van der Waals surface area (Å²) in [5.41, 5.74) is 4.29. The van der Waals surface area contributed by atoms with E-state index in [1.165, 1.54) is 41.7 Å². The minimum atomic E-state index is 0.623. The quantitative estimate of drug-likeness (QED) is 0.888. The van der Waals surface area contributed by atoms with Crippen LogP contribution in [0, 0.1) is 13.8 Å². The third-order valence-electron chi connectivity index (χ3n) is 4.06. The van der Waals surface area contributed by atoms with E-state index in [9.17, 15) is 0 Å². The highest BCUT2D eigenvalue weighted by Crippen LogP contribution is 2.29. The van der Waals surface area contributed by atoms with Gasteiger partial charge in [-0.1, -0.05) is 24.6 Å². The number of thioether (sulfide) groups is 1. The van der Waals surface area contributed by atoms with E-state index >= 15 is 0 Å². The molecule has 0 amide bonds. The third-order valence-corrected chi connectivity index (χ3v) is 5.58. The van der Waals surface area contributed by atoms with Crippen LogP contribution in [0.25, 0.3) is 0 Å². The number of rotatable bonds is 4. The molecule has 1 N–H and O–H groups in total. The topological polar surface area (TPSA) is 12.0 Å². The van der Waals surface area contributed by atoms with Crippen molar-refractivity contribution in [3.63, 3.8) is 0 Å².